The van der Waals surface area contributed by atoms with Gasteiger partial charge in [0.05, 0.1) is 19.0 Å². The van der Waals surface area contributed by atoms with E-state index in [0.717, 1.165) is 61.6 Å². The number of ether oxygens (including phenoxy) is 3. The second-order valence-electron chi connectivity index (χ2n) is 8.77. The van der Waals surface area contributed by atoms with Crippen LogP contribution < -0.4 is 19.8 Å². The van der Waals surface area contributed by atoms with Gasteiger partial charge in [0.2, 0.25) is 0 Å². The van der Waals surface area contributed by atoms with Crippen LogP contribution in [0.5, 0.6) is 17.5 Å². The largest absolute Gasteiger partial charge is 0.486 e. The molecule has 5 heterocycles. The van der Waals surface area contributed by atoms with Gasteiger partial charge in [0.1, 0.15) is 18.9 Å². The van der Waals surface area contributed by atoms with Gasteiger partial charge in [0.25, 0.3) is 5.56 Å². The molecule has 0 N–H and O–H groups in total. The summed E-state index contributed by atoms with van der Waals surface area (Å²) in [4.78, 5) is 30.4. The van der Waals surface area contributed by atoms with Crippen LogP contribution in [0.3, 0.4) is 0 Å². The predicted octanol–water partition coefficient (Wildman–Crippen LogP) is 0.481. The van der Waals surface area contributed by atoms with E-state index in [2.05, 4.69) is 32.6 Å². The molecule has 5 rings (SSSR count). The Labute approximate surface area is 198 Å². The Morgan fingerprint density at radius 2 is 1.91 bits per heavy atom. The molecule has 2 aliphatic heterocycles. The summed E-state index contributed by atoms with van der Waals surface area (Å²) in [5, 5.41) is 0.827. The molecular formula is C23H29BN6O4. The fourth-order valence-corrected chi connectivity index (χ4v) is 4.66. The molecule has 0 amide bonds. The van der Waals surface area contributed by atoms with Gasteiger partial charge in [-0.15, -0.1) is 0 Å². The third-order valence-corrected chi connectivity index (χ3v) is 6.60. The third kappa shape index (κ3) is 4.85. The van der Waals surface area contributed by atoms with E-state index in [-0.39, 0.29) is 11.6 Å². The Balaban J connectivity index is 1.16. The maximum absolute atomic E-state index is 12.5. The van der Waals surface area contributed by atoms with E-state index in [1.54, 1.807) is 29.1 Å². The second-order valence-corrected chi connectivity index (χ2v) is 8.77. The van der Waals surface area contributed by atoms with Crippen molar-refractivity contribution in [2.45, 2.75) is 32.0 Å². The van der Waals surface area contributed by atoms with Crippen LogP contribution in [0.25, 0.3) is 11.0 Å². The Hall–Kier alpha value is -3.18. The van der Waals surface area contributed by atoms with Gasteiger partial charge in [-0.05, 0) is 32.0 Å². The molecule has 0 spiro atoms. The average molecular weight is 464 g/mol. The SMILES string of the molecule is BN(Cc1cc2c(cn1)OCCO2)C1CCN(CCn2c(=O)ccc3cnc(OC)nc32)CC1. The minimum atomic E-state index is -0.0604. The van der Waals surface area contributed by atoms with Crippen molar-refractivity contribution in [3.8, 4) is 17.5 Å². The lowest BCUT2D eigenvalue weighted by atomic mass is 9.99. The first kappa shape index (κ1) is 22.6. The summed E-state index contributed by atoms with van der Waals surface area (Å²) in [6, 6.07) is 6.07. The highest BCUT2D eigenvalue weighted by Gasteiger charge is 2.23. The second kappa shape index (κ2) is 9.98. The van der Waals surface area contributed by atoms with Gasteiger partial charge in [-0.1, -0.05) is 0 Å². The summed E-state index contributed by atoms with van der Waals surface area (Å²) < 4.78 is 18.1. The van der Waals surface area contributed by atoms with E-state index in [4.69, 9.17) is 14.2 Å². The maximum Gasteiger partial charge on any atom is 0.318 e. The molecule has 0 bridgehead atoms. The van der Waals surface area contributed by atoms with E-state index in [1.807, 2.05) is 6.07 Å². The number of pyridine rings is 2. The lowest BCUT2D eigenvalue weighted by molar-refractivity contribution is 0.152. The van der Waals surface area contributed by atoms with Crippen LogP contribution in [-0.2, 0) is 13.1 Å². The Bertz CT molecular complexity index is 1210. The number of nitrogens with zero attached hydrogens (tertiary/aromatic N) is 6. The van der Waals surface area contributed by atoms with E-state index in [0.29, 0.717) is 31.4 Å². The normalized spacial score (nSPS) is 16.8. The molecule has 0 aromatic carbocycles. The lowest BCUT2D eigenvalue weighted by Crippen LogP contribution is -2.44. The summed E-state index contributed by atoms with van der Waals surface area (Å²) >= 11 is 0. The molecule has 0 radical (unpaired) electrons. The standard InChI is InChI=1S/C23H29BN6O4/c1-32-23-26-13-16-2-3-21(31)29(22(16)27-23)9-8-28-6-4-18(5-7-28)30(24)15-17-12-19-20(14-25-17)34-11-10-33-19/h2-3,12-14,18H,4-11,15,24H2,1H3. The average Bonchev–Trinajstić information content (AvgIpc) is 2.88. The number of piperidine rings is 1. The van der Waals surface area contributed by atoms with Crippen molar-refractivity contribution < 1.29 is 14.2 Å². The molecule has 3 aromatic rings. The molecule has 178 valence electrons. The van der Waals surface area contributed by atoms with Crippen LogP contribution in [0.2, 0.25) is 0 Å². The van der Waals surface area contributed by atoms with Crippen molar-refractivity contribution in [1.29, 1.82) is 0 Å². The topological polar surface area (TPSA) is 94.8 Å². The van der Waals surface area contributed by atoms with E-state index < -0.39 is 0 Å². The van der Waals surface area contributed by atoms with Crippen molar-refractivity contribution in [3.05, 3.63) is 46.6 Å². The minimum absolute atomic E-state index is 0.0604. The summed E-state index contributed by atoms with van der Waals surface area (Å²) in [5.74, 6) is 1.51. The zero-order chi connectivity index (χ0) is 23.5. The van der Waals surface area contributed by atoms with Gasteiger partial charge >= 0.3 is 6.01 Å². The lowest BCUT2D eigenvalue weighted by Gasteiger charge is -2.37. The Morgan fingerprint density at radius 1 is 1.12 bits per heavy atom. The number of likely N-dealkylation sites (tertiary alicyclic amines) is 1. The Kier molecular flexibility index (Phi) is 6.64. The first-order valence-electron chi connectivity index (χ1n) is 11.7. The molecule has 1 fully saturated rings. The zero-order valence-corrected chi connectivity index (χ0v) is 19.6. The first-order chi connectivity index (χ1) is 16.6. The third-order valence-electron chi connectivity index (χ3n) is 6.60. The van der Waals surface area contributed by atoms with Crippen LogP contribution in [0, 0.1) is 0 Å². The molecule has 0 atom stereocenters. The minimum Gasteiger partial charge on any atom is -0.486 e. The molecule has 10 nitrogen and oxygen atoms in total. The zero-order valence-electron chi connectivity index (χ0n) is 19.6. The molecule has 1 saturated heterocycles. The molecule has 34 heavy (non-hydrogen) atoms. The fraction of sp³-hybridized carbons (Fsp3) is 0.478. The van der Waals surface area contributed by atoms with E-state index >= 15 is 0 Å². The van der Waals surface area contributed by atoms with Crippen molar-refractivity contribution >= 4 is 19.0 Å². The molecule has 11 heteroatoms. The molecule has 0 saturated carbocycles. The molecule has 2 aliphatic rings. The number of aromatic nitrogens is 4. The molecule has 0 unspecified atom stereocenters. The van der Waals surface area contributed by atoms with Gasteiger partial charge in [0, 0.05) is 49.4 Å². The summed E-state index contributed by atoms with van der Waals surface area (Å²) in [7, 11) is 3.68. The summed E-state index contributed by atoms with van der Waals surface area (Å²) in [6.07, 6.45) is 5.59. The van der Waals surface area contributed by atoms with Crippen molar-refractivity contribution in [2.24, 2.45) is 0 Å². The van der Waals surface area contributed by atoms with Crippen LogP contribution in [0.1, 0.15) is 18.5 Å². The van der Waals surface area contributed by atoms with Crippen molar-refractivity contribution in [1.82, 2.24) is 29.2 Å². The van der Waals surface area contributed by atoms with Gasteiger partial charge in [-0.3, -0.25) is 14.3 Å². The molecule has 0 aliphatic carbocycles. The number of hydrogen-bond acceptors (Lipinski definition) is 9. The van der Waals surface area contributed by atoms with Crippen LogP contribution in [0.4, 0.5) is 0 Å². The number of methoxy groups -OCH3 is 1. The van der Waals surface area contributed by atoms with Crippen LogP contribution in [-0.4, -0.2) is 83.2 Å². The van der Waals surface area contributed by atoms with E-state index in [1.165, 1.54) is 7.11 Å². The van der Waals surface area contributed by atoms with Gasteiger partial charge in [0.15, 0.2) is 19.5 Å². The number of fused-ring (bicyclic) bond motifs is 2. The van der Waals surface area contributed by atoms with Crippen LogP contribution >= 0.6 is 0 Å². The monoisotopic (exact) mass is 464 g/mol. The molecular weight excluding hydrogens is 435 g/mol. The quantitative estimate of drug-likeness (QED) is 0.463. The van der Waals surface area contributed by atoms with Gasteiger partial charge in [-0.25, -0.2) is 4.98 Å². The van der Waals surface area contributed by atoms with E-state index in [9.17, 15) is 4.79 Å². The maximum atomic E-state index is 12.5. The highest BCUT2D eigenvalue weighted by atomic mass is 16.6. The number of rotatable bonds is 7. The van der Waals surface area contributed by atoms with Crippen LogP contribution in [0.15, 0.2) is 35.4 Å². The predicted molar refractivity (Wildman–Crippen MR) is 129 cm³/mol. The molecule has 3 aromatic heterocycles. The highest BCUT2D eigenvalue weighted by Crippen LogP contribution is 2.30. The van der Waals surface area contributed by atoms with Crippen molar-refractivity contribution in [3.63, 3.8) is 0 Å². The highest BCUT2D eigenvalue weighted by molar-refractivity contribution is 6.04. The smallest absolute Gasteiger partial charge is 0.318 e. The Morgan fingerprint density at radius 3 is 2.71 bits per heavy atom. The fourth-order valence-electron chi connectivity index (χ4n) is 4.66. The summed E-state index contributed by atoms with van der Waals surface area (Å²) in [5.41, 5.74) is 1.54. The number of hydrogen-bond donors (Lipinski definition) is 0. The van der Waals surface area contributed by atoms with Gasteiger partial charge < -0.3 is 23.9 Å². The van der Waals surface area contributed by atoms with Crippen molar-refractivity contribution in [2.75, 3.05) is 40.0 Å². The first-order valence-corrected chi connectivity index (χ1v) is 11.7. The summed E-state index contributed by atoms with van der Waals surface area (Å²) in [6.45, 7) is 5.28. The van der Waals surface area contributed by atoms with Gasteiger partial charge in [-0.2, -0.15) is 4.98 Å².